The van der Waals surface area contributed by atoms with Gasteiger partial charge in [-0.05, 0) is 42.5 Å². The highest BCUT2D eigenvalue weighted by atomic mass is 19.1. The fraction of sp³-hybridized carbons (Fsp3) is 0.393. The van der Waals surface area contributed by atoms with E-state index in [4.69, 9.17) is 4.74 Å². The van der Waals surface area contributed by atoms with Crippen molar-refractivity contribution >= 4 is 11.7 Å². The molecule has 2 aromatic carbocycles. The number of aromatic nitrogens is 2. The van der Waals surface area contributed by atoms with E-state index in [-0.39, 0.29) is 11.6 Å². The first kappa shape index (κ1) is 24.5. The van der Waals surface area contributed by atoms with Gasteiger partial charge in [-0.2, -0.15) is 0 Å². The second kappa shape index (κ2) is 11.2. The van der Waals surface area contributed by atoms with Gasteiger partial charge in [0.15, 0.2) is 0 Å². The van der Waals surface area contributed by atoms with Crippen LogP contribution in [0.1, 0.15) is 36.4 Å². The van der Waals surface area contributed by atoms with Crippen LogP contribution in [0.3, 0.4) is 0 Å². The summed E-state index contributed by atoms with van der Waals surface area (Å²) in [4.78, 5) is 18.6. The summed E-state index contributed by atoms with van der Waals surface area (Å²) in [6, 6.07) is 12.0. The lowest BCUT2D eigenvalue weighted by Gasteiger charge is -2.34. The Kier molecular flexibility index (Phi) is 7.63. The van der Waals surface area contributed by atoms with Crippen molar-refractivity contribution in [3.8, 4) is 11.1 Å². The average molecular weight is 492 g/mol. The Labute approximate surface area is 210 Å². The predicted octanol–water partition coefficient (Wildman–Crippen LogP) is 4.90. The molecule has 1 fully saturated rings. The van der Waals surface area contributed by atoms with Gasteiger partial charge in [0.25, 0.3) is 0 Å². The first-order chi connectivity index (χ1) is 17.6. The van der Waals surface area contributed by atoms with Gasteiger partial charge < -0.3 is 9.64 Å². The van der Waals surface area contributed by atoms with Gasteiger partial charge in [0.1, 0.15) is 11.6 Å². The average Bonchev–Trinajstić information content (AvgIpc) is 3.39. The van der Waals surface area contributed by atoms with Crippen LogP contribution in [0.25, 0.3) is 11.1 Å². The van der Waals surface area contributed by atoms with Crippen LogP contribution in [0.4, 0.5) is 14.7 Å². The summed E-state index contributed by atoms with van der Waals surface area (Å²) in [5.41, 5.74) is 3.51. The molecule has 0 aliphatic carbocycles. The molecule has 5 rings (SSSR count). The standard InChI is InChI=1S/C28H31F2N5O/c1-36-17-3-12-34-13-15-35(16-14-34)28-31-18-22(19-32-28)20-6-8-21(9-7-20)25-10-11-26(33-25)27-23(29)4-2-5-24(27)30/h2,4-9,18-19,25H,3,10-17H2,1H3. The van der Waals surface area contributed by atoms with Gasteiger partial charge in [-0.1, -0.05) is 30.3 Å². The number of anilines is 1. The van der Waals surface area contributed by atoms with Crippen LogP contribution < -0.4 is 4.90 Å². The number of ether oxygens (including phenoxy) is 1. The summed E-state index contributed by atoms with van der Waals surface area (Å²) in [5, 5.41) is 0. The Bertz CT molecular complexity index is 1170. The van der Waals surface area contributed by atoms with Crippen molar-refractivity contribution in [2.24, 2.45) is 4.99 Å². The molecule has 6 nitrogen and oxygen atoms in total. The number of rotatable bonds is 8. The largest absolute Gasteiger partial charge is 0.385 e. The van der Waals surface area contributed by atoms with Gasteiger partial charge in [-0.15, -0.1) is 0 Å². The van der Waals surface area contributed by atoms with Crippen molar-refractivity contribution in [2.75, 3.05) is 51.3 Å². The highest BCUT2D eigenvalue weighted by Crippen LogP contribution is 2.33. The van der Waals surface area contributed by atoms with Gasteiger partial charge in [-0.25, -0.2) is 18.7 Å². The number of piperazine rings is 1. The molecule has 8 heteroatoms. The SMILES string of the molecule is COCCCN1CCN(c2ncc(-c3ccc(C4CCC(c5c(F)cccc5F)=N4)cc3)cn2)CC1. The molecule has 1 unspecified atom stereocenters. The van der Waals surface area contributed by atoms with Crippen LogP contribution >= 0.6 is 0 Å². The van der Waals surface area contributed by atoms with Gasteiger partial charge in [-0.3, -0.25) is 9.89 Å². The maximum Gasteiger partial charge on any atom is 0.225 e. The Hall–Kier alpha value is -3.23. The Morgan fingerprint density at radius 1 is 0.917 bits per heavy atom. The summed E-state index contributed by atoms with van der Waals surface area (Å²) >= 11 is 0. The van der Waals surface area contributed by atoms with Crippen molar-refractivity contribution in [1.29, 1.82) is 0 Å². The molecule has 2 aliphatic rings. The van der Waals surface area contributed by atoms with Crippen molar-refractivity contribution in [1.82, 2.24) is 14.9 Å². The molecular weight excluding hydrogens is 460 g/mol. The molecule has 1 saturated heterocycles. The van der Waals surface area contributed by atoms with E-state index in [9.17, 15) is 8.78 Å². The van der Waals surface area contributed by atoms with Gasteiger partial charge in [0.05, 0.1) is 11.6 Å². The predicted molar refractivity (Wildman–Crippen MR) is 137 cm³/mol. The molecule has 0 saturated carbocycles. The fourth-order valence-electron chi connectivity index (χ4n) is 4.93. The lowest BCUT2D eigenvalue weighted by atomic mass is 10.0. The first-order valence-corrected chi connectivity index (χ1v) is 12.5. The maximum absolute atomic E-state index is 14.2. The third kappa shape index (κ3) is 5.44. The van der Waals surface area contributed by atoms with E-state index < -0.39 is 11.6 Å². The highest BCUT2D eigenvalue weighted by molar-refractivity contribution is 6.02. The molecule has 3 aromatic rings. The zero-order valence-corrected chi connectivity index (χ0v) is 20.5. The number of hydrogen-bond acceptors (Lipinski definition) is 6. The van der Waals surface area contributed by atoms with E-state index in [1.165, 1.54) is 18.2 Å². The van der Waals surface area contributed by atoms with Crippen molar-refractivity contribution in [2.45, 2.75) is 25.3 Å². The molecule has 0 amide bonds. The van der Waals surface area contributed by atoms with Gasteiger partial charge in [0.2, 0.25) is 5.95 Å². The van der Waals surface area contributed by atoms with Crippen molar-refractivity contribution in [3.63, 3.8) is 0 Å². The summed E-state index contributed by atoms with van der Waals surface area (Å²) in [5.74, 6) is -0.352. The lowest BCUT2D eigenvalue weighted by Crippen LogP contribution is -2.47. The van der Waals surface area contributed by atoms with E-state index in [1.807, 2.05) is 36.7 Å². The highest BCUT2D eigenvalue weighted by Gasteiger charge is 2.24. The number of aliphatic imine (C=N–C) groups is 1. The van der Waals surface area contributed by atoms with E-state index in [0.29, 0.717) is 12.1 Å². The third-order valence-corrected chi connectivity index (χ3v) is 6.96. The molecule has 2 aliphatic heterocycles. The van der Waals surface area contributed by atoms with Crippen molar-refractivity contribution in [3.05, 3.63) is 77.6 Å². The monoisotopic (exact) mass is 491 g/mol. The zero-order chi connectivity index (χ0) is 24.9. The third-order valence-electron chi connectivity index (χ3n) is 6.96. The van der Waals surface area contributed by atoms with Crippen LogP contribution in [-0.4, -0.2) is 67.0 Å². The minimum Gasteiger partial charge on any atom is -0.385 e. The zero-order valence-electron chi connectivity index (χ0n) is 20.5. The Morgan fingerprint density at radius 3 is 2.28 bits per heavy atom. The lowest BCUT2D eigenvalue weighted by molar-refractivity contribution is 0.168. The molecule has 3 heterocycles. The minimum atomic E-state index is -0.558. The second-order valence-corrected chi connectivity index (χ2v) is 9.30. The van der Waals surface area contributed by atoms with E-state index >= 15 is 0 Å². The summed E-state index contributed by atoms with van der Waals surface area (Å²) in [6.07, 6.45) is 6.09. The molecule has 0 spiro atoms. The molecular formula is C28H31F2N5O. The first-order valence-electron chi connectivity index (χ1n) is 12.5. The topological polar surface area (TPSA) is 53.9 Å². The molecule has 36 heavy (non-hydrogen) atoms. The van der Waals surface area contributed by atoms with Gasteiger partial charge in [0, 0.05) is 70.1 Å². The molecule has 0 radical (unpaired) electrons. The van der Waals surface area contributed by atoms with Crippen LogP contribution in [0.15, 0.2) is 59.9 Å². The van der Waals surface area contributed by atoms with Crippen LogP contribution in [0.2, 0.25) is 0 Å². The van der Waals surface area contributed by atoms with E-state index in [2.05, 4.69) is 24.8 Å². The van der Waals surface area contributed by atoms with Crippen molar-refractivity contribution < 1.29 is 13.5 Å². The minimum absolute atomic E-state index is 0.00126. The fourth-order valence-corrected chi connectivity index (χ4v) is 4.93. The number of nitrogens with zero attached hydrogens (tertiary/aromatic N) is 5. The number of halogens is 2. The quantitative estimate of drug-likeness (QED) is 0.420. The molecule has 0 bridgehead atoms. The molecule has 1 atom stereocenters. The molecule has 188 valence electrons. The number of hydrogen-bond donors (Lipinski definition) is 0. The Morgan fingerprint density at radius 2 is 1.61 bits per heavy atom. The molecule has 1 aromatic heterocycles. The maximum atomic E-state index is 14.2. The summed E-state index contributed by atoms with van der Waals surface area (Å²) < 4.78 is 33.4. The normalized spacial score (nSPS) is 18.5. The van der Waals surface area contributed by atoms with E-state index in [0.717, 1.165) is 74.8 Å². The smallest absolute Gasteiger partial charge is 0.225 e. The summed E-state index contributed by atoms with van der Waals surface area (Å²) in [7, 11) is 1.74. The Balaban J connectivity index is 1.21. The van der Waals surface area contributed by atoms with Crippen LogP contribution in [0, 0.1) is 11.6 Å². The van der Waals surface area contributed by atoms with E-state index in [1.54, 1.807) is 7.11 Å². The molecule has 0 N–H and O–H groups in total. The van der Waals surface area contributed by atoms with Gasteiger partial charge >= 0.3 is 0 Å². The summed E-state index contributed by atoms with van der Waals surface area (Å²) in [6.45, 7) is 5.71. The number of methoxy groups -OCH3 is 1. The second-order valence-electron chi connectivity index (χ2n) is 9.30. The number of benzene rings is 2. The van der Waals surface area contributed by atoms with Crippen LogP contribution in [-0.2, 0) is 4.74 Å². The van der Waals surface area contributed by atoms with Crippen LogP contribution in [0.5, 0.6) is 0 Å².